The van der Waals surface area contributed by atoms with Crippen molar-refractivity contribution in [2.75, 3.05) is 43.1 Å². The van der Waals surface area contributed by atoms with E-state index in [0.29, 0.717) is 0 Å². The van der Waals surface area contributed by atoms with Crippen molar-refractivity contribution in [2.45, 2.75) is 0 Å². The van der Waals surface area contributed by atoms with Gasteiger partial charge in [-0.05, 0) is 42.5 Å². The molecule has 2 aromatic carbocycles. The Labute approximate surface area is 164 Å². The number of piperazine rings is 1. The van der Waals surface area contributed by atoms with Crippen molar-refractivity contribution in [1.82, 2.24) is 0 Å². The van der Waals surface area contributed by atoms with Crippen molar-refractivity contribution in [3.63, 3.8) is 0 Å². The summed E-state index contributed by atoms with van der Waals surface area (Å²) < 4.78 is 7.19. The number of fused-ring (bicyclic) bond motifs is 1. The Kier molecular flexibility index (Phi) is 4.87. The van der Waals surface area contributed by atoms with Crippen molar-refractivity contribution in [2.24, 2.45) is 0 Å². The molecule has 0 N–H and O–H groups in total. The highest BCUT2D eigenvalue weighted by molar-refractivity contribution is 9.10. The first kappa shape index (κ1) is 17.4. The van der Waals surface area contributed by atoms with Gasteiger partial charge in [-0.2, -0.15) is 0 Å². The average Bonchev–Trinajstić information content (AvgIpc) is 2.69. The van der Waals surface area contributed by atoms with Crippen LogP contribution in [0.5, 0.6) is 5.75 Å². The van der Waals surface area contributed by atoms with Crippen LogP contribution in [0.2, 0.25) is 0 Å². The van der Waals surface area contributed by atoms with Crippen LogP contribution in [0.25, 0.3) is 10.1 Å². The van der Waals surface area contributed by atoms with Gasteiger partial charge in [0.1, 0.15) is 5.75 Å². The maximum Gasteiger partial charge on any atom is 0.211 e. The minimum absolute atomic E-state index is 0.123. The van der Waals surface area contributed by atoms with Gasteiger partial charge in [-0.1, -0.05) is 15.9 Å². The van der Waals surface area contributed by atoms with Crippen LogP contribution in [0.15, 0.2) is 57.1 Å². The second-order valence-electron chi connectivity index (χ2n) is 6.26. The Morgan fingerprint density at radius 3 is 2.38 bits per heavy atom. The van der Waals surface area contributed by atoms with Gasteiger partial charge < -0.3 is 14.5 Å². The molecule has 1 saturated heterocycles. The molecule has 6 heteroatoms. The van der Waals surface area contributed by atoms with Crippen LogP contribution in [0.1, 0.15) is 0 Å². The molecule has 2 heterocycles. The van der Waals surface area contributed by atoms with Crippen LogP contribution in [-0.2, 0) is 0 Å². The first-order valence-electron chi connectivity index (χ1n) is 8.51. The van der Waals surface area contributed by atoms with E-state index in [9.17, 15) is 4.79 Å². The molecule has 0 radical (unpaired) electrons. The zero-order chi connectivity index (χ0) is 18.1. The highest BCUT2D eigenvalue weighted by Gasteiger charge is 2.20. The van der Waals surface area contributed by atoms with Crippen molar-refractivity contribution < 1.29 is 4.74 Å². The van der Waals surface area contributed by atoms with E-state index in [1.54, 1.807) is 18.4 Å². The molecule has 26 heavy (non-hydrogen) atoms. The second-order valence-corrected chi connectivity index (χ2v) is 8.09. The molecule has 134 valence electrons. The average molecular weight is 431 g/mol. The van der Waals surface area contributed by atoms with E-state index in [1.807, 2.05) is 35.7 Å². The zero-order valence-corrected chi connectivity index (χ0v) is 16.8. The van der Waals surface area contributed by atoms with Crippen LogP contribution >= 0.6 is 27.3 Å². The number of ether oxygens (including phenoxy) is 1. The summed E-state index contributed by atoms with van der Waals surface area (Å²) in [6.07, 6.45) is 0. The monoisotopic (exact) mass is 430 g/mol. The quantitative estimate of drug-likeness (QED) is 0.617. The third-order valence-corrected chi connectivity index (χ3v) is 6.22. The van der Waals surface area contributed by atoms with Crippen LogP contribution < -0.4 is 20.0 Å². The van der Waals surface area contributed by atoms with Gasteiger partial charge in [0.25, 0.3) is 0 Å². The fourth-order valence-electron chi connectivity index (χ4n) is 3.31. The van der Waals surface area contributed by atoms with Crippen LogP contribution in [-0.4, -0.2) is 33.3 Å². The lowest BCUT2D eigenvalue weighted by atomic mass is 10.2. The molecule has 1 aliphatic heterocycles. The van der Waals surface area contributed by atoms with Crippen LogP contribution in [0, 0.1) is 0 Å². The number of methoxy groups -OCH3 is 1. The third kappa shape index (κ3) is 3.31. The molecule has 0 amide bonds. The maximum atomic E-state index is 12.9. The molecule has 0 spiro atoms. The minimum Gasteiger partial charge on any atom is -0.497 e. The number of anilines is 2. The van der Waals surface area contributed by atoms with Gasteiger partial charge in [0, 0.05) is 51.8 Å². The number of hydrogen-bond donors (Lipinski definition) is 0. The van der Waals surface area contributed by atoms with Gasteiger partial charge in [-0.15, -0.1) is 11.3 Å². The topological polar surface area (TPSA) is 32.8 Å². The molecule has 0 bridgehead atoms. The Bertz CT molecular complexity index is 979. The van der Waals surface area contributed by atoms with Crippen molar-refractivity contribution >= 4 is 48.7 Å². The standard InChI is InChI=1S/C20H19BrN2O2S/c1-25-16-5-3-15(4-6-16)22-8-10-23(11-9-22)18-13-26-19-7-2-14(21)12-17(19)20(18)24/h2-7,12-13H,8-11H2,1H3. The highest BCUT2D eigenvalue weighted by atomic mass is 79.9. The summed E-state index contributed by atoms with van der Waals surface area (Å²) in [6, 6.07) is 14.0. The Morgan fingerprint density at radius 1 is 1.00 bits per heavy atom. The van der Waals surface area contributed by atoms with E-state index in [-0.39, 0.29) is 5.43 Å². The third-order valence-electron chi connectivity index (χ3n) is 4.77. The molecule has 1 fully saturated rings. The summed E-state index contributed by atoms with van der Waals surface area (Å²) in [5.41, 5.74) is 2.13. The number of benzene rings is 2. The number of halogens is 1. The van der Waals surface area contributed by atoms with E-state index in [0.717, 1.165) is 52.2 Å². The summed E-state index contributed by atoms with van der Waals surface area (Å²) >= 11 is 5.10. The zero-order valence-electron chi connectivity index (χ0n) is 14.4. The summed E-state index contributed by atoms with van der Waals surface area (Å²) in [6.45, 7) is 3.47. The van der Waals surface area contributed by atoms with Crippen molar-refractivity contribution in [1.29, 1.82) is 0 Å². The molecule has 0 unspecified atom stereocenters. The predicted octanol–water partition coefficient (Wildman–Crippen LogP) is 4.36. The first-order valence-corrected chi connectivity index (χ1v) is 10.2. The predicted molar refractivity (Wildman–Crippen MR) is 113 cm³/mol. The van der Waals surface area contributed by atoms with Crippen molar-refractivity contribution in [3.05, 3.63) is 62.5 Å². The SMILES string of the molecule is COc1ccc(N2CCN(c3csc4ccc(Br)cc4c3=O)CC2)cc1. The summed E-state index contributed by atoms with van der Waals surface area (Å²) in [5.74, 6) is 0.868. The molecule has 0 aliphatic carbocycles. The molecule has 4 nitrogen and oxygen atoms in total. The fourth-order valence-corrected chi connectivity index (χ4v) is 4.59. The summed E-state index contributed by atoms with van der Waals surface area (Å²) in [5, 5.41) is 2.79. The number of nitrogens with zero attached hydrogens (tertiary/aromatic N) is 2. The van der Waals surface area contributed by atoms with Crippen LogP contribution in [0.3, 0.4) is 0 Å². The molecule has 1 aliphatic rings. The molecule has 1 aromatic heterocycles. The Morgan fingerprint density at radius 2 is 1.69 bits per heavy atom. The Balaban J connectivity index is 1.53. The van der Waals surface area contributed by atoms with E-state index in [2.05, 4.69) is 37.9 Å². The molecular formula is C20H19BrN2O2S. The van der Waals surface area contributed by atoms with E-state index in [1.165, 1.54) is 5.69 Å². The van der Waals surface area contributed by atoms with Gasteiger partial charge >= 0.3 is 0 Å². The molecule has 3 aromatic rings. The number of rotatable bonds is 3. The highest BCUT2D eigenvalue weighted by Crippen LogP contribution is 2.26. The van der Waals surface area contributed by atoms with Gasteiger partial charge in [0.15, 0.2) is 0 Å². The molecular weight excluding hydrogens is 412 g/mol. The van der Waals surface area contributed by atoms with Gasteiger partial charge in [0.05, 0.1) is 12.8 Å². The summed E-state index contributed by atoms with van der Waals surface area (Å²) in [7, 11) is 1.68. The second kappa shape index (κ2) is 7.29. The maximum absolute atomic E-state index is 12.9. The number of hydrogen-bond acceptors (Lipinski definition) is 5. The molecule has 0 saturated carbocycles. The lowest BCUT2D eigenvalue weighted by molar-refractivity contribution is 0.415. The van der Waals surface area contributed by atoms with E-state index >= 15 is 0 Å². The fraction of sp³-hybridized carbons (Fsp3) is 0.250. The van der Waals surface area contributed by atoms with Crippen molar-refractivity contribution in [3.8, 4) is 5.75 Å². The smallest absolute Gasteiger partial charge is 0.211 e. The van der Waals surface area contributed by atoms with Gasteiger partial charge in [-0.3, -0.25) is 4.79 Å². The minimum atomic E-state index is 0.123. The lowest BCUT2D eigenvalue weighted by Crippen LogP contribution is -2.47. The van der Waals surface area contributed by atoms with Gasteiger partial charge in [0.2, 0.25) is 5.43 Å². The largest absolute Gasteiger partial charge is 0.497 e. The summed E-state index contributed by atoms with van der Waals surface area (Å²) in [4.78, 5) is 17.5. The lowest BCUT2D eigenvalue weighted by Gasteiger charge is -2.37. The molecule has 4 rings (SSSR count). The van der Waals surface area contributed by atoms with E-state index in [4.69, 9.17) is 4.74 Å². The molecule has 0 atom stereocenters. The first-order chi connectivity index (χ1) is 12.7. The van der Waals surface area contributed by atoms with E-state index < -0.39 is 0 Å². The van der Waals surface area contributed by atoms with Crippen LogP contribution in [0.4, 0.5) is 11.4 Å². The normalized spacial score (nSPS) is 14.7. The van der Waals surface area contributed by atoms with Gasteiger partial charge in [-0.25, -0.2) is 0 Å². The Hall–Kier alpha value is -2.05.